The van der Waals surface area contributed by atoms with E-state index >= 15 is 0 Å². The second kappa shape index (κ2) is 7.05. The third kappa shape index (κ3) is 6.75. The van der Waals surface area contributed by atoms with Crippen molar-refractivity contribution in [1.82, 2.24) is 0 Å². The van der Waals surface area contributed by atoms with Gasteiger partial charge in [-0.2, -0.15) is 0 Å². The normalized spacial score (nSPS) is 12.1. The van der Waals surface area contributed by atoms with E-state index in [0.29, 0.717) is 0 Å². The second-order valence-corrected chi connectivity index (χ2v) is 10.8. The maximum absolute atomic E-state index is 11.0. The molecular weight excluding hydrogens is 455 g/mol. The van der Waals surface area contributed by atoms with Gasteiger partial charge >= 0.3 is 146 Å². The van der Waals surface area contributed by atoms with Gasteiger partial charge in [0.2, 0.25) is 0 Å². The van der Waals surface area contributed by atoms with Crippen molar-refractivity contribution in [3.8, 4) is 11.5 Å². The number of halogens is 1. The van der Waals surface area contributed by atoms with E-state index in [1.807, 2.05) is 24.3 Å². The topological polar surface area (TPSA) is 86.7 Å². The Hall–Kier alpha value is -1.33. The first kappa shape index (κ1) is 18.0. The Balaban J connectivity index is 2.04. The summed E-state index contributed by atoms with van der Waals surface area (Å²) in [6.07, 6.45) is 1.99. The van der Waals surface area contributed by atoms with Gasteiger partial charge in [0.1, 0.15) is 0 Å². The summed E-state index contributed by atoms with van der Waals surface area (Å²) >= 11 is -0.475. The van der Waals surface area contributed by atoms with E-state index in [9.17, 15) is 16.8 Å². The quantitative estimate of drug-likeness (QED) is 0.378. The summed E-state index contributed by atoms with van der Waals surface area (Å²) in [6, 6.07) is 13.7. The van der Waals surface area contributed by atoms with Gasteiger partial charge in [0.15, 0.2) is 0 Å². The Bertz CT molecular complexity index is 796. The van der Waals surface area contributed by atoms with Crippen molar-refractivity contribution < 1.29 is 46.4 Å². The first-order chi connectivity index (χ1) is 10.6. The first-order valence-corrected chi connectivity index (χ1v) is 12.0. The van der Waals surface area contributed by atoms with Crippen LogP contribution in [0.4, 0.5) is 0 Å². The molecule has 0 aliphatic heterocycles. The summed E-state index contributed by atoms with van der Waals surface area (Å²) in [5.41, 5.74) is 0. The van der Waals surface area contributed by atoms with Crippen LogP contribution in [0.15, 0.2) is 48.5 Å². The molecule has 2 rings (SSSR count). The average molecular weight is 469 g/mol. The summed E-state index contributed by atoms with van der Waals surface area (Å²) in [5, 5.41) is 0. The van der Waals surface area contributed by atoms with E-state index < -0.39 is 41.4 Å². The molecule has 126 valence electrons. The number of rotatable bonds is 6. The van der Waals surface area contributed by atoms with Crippen LogP contribution >= 0.6 is 0 Å². The first-order valence-electron chi connectivity index (χ1n) is 6.25. The minimum absolute atomic E-state index is 0.275. The van der Waals surface area contributed by atoms with Crippen LogP contribution in [0, 0.1) is 7.14 Å². The molecule has 0 saturated heterocycles. The molecule has 6 nitrogen and oxygen atoms in total. The molecule has 0 atom stereocenters. The van der Waals surface area contributed by atoms with E-state index in [2.05, 4.69) is 0 Å². The molecule has 0 radical (unpaired) electrons. The van der Waals surface area contributed by atoms with Crippen LogP contribution in [-0.4, -0.2) is 29.3 Å². The van der Waals surface area contributed by atoms with Gasteiger partial charge in [-0.15, -0.1) is 0 Å². The molecule has 0 aromatic heterocycles. The molecule has 0 aliphatic rings. The van der Waals surface area contributed by atoms with Gasteiger partial charge in [-0.3, -0.25) is 0 Å². The van der Waals surface area contributed by atoms with Crippen molar-refractivity contribution in [3.05, 3.63) is 55.7 Å². The molecular formula is C14H14IO6S2-. The summed E-state index contributed by atoms with van der Waals surface area (Å²) in [5.74, 6) is 0.550. The van der Waals surface area contributed by atoms with E-state index in [4.69, 9.17) is 8.37 Å². The monoisotopic (exact) mass is 469 g/mol. The number of benzene rings is 2. The third-order valence-corrected chi connectivity index (χ3v) is 6.02. The Morgan fingerprint density at radius 2 is 0.957 bits per heavy atom. The van der Waals surface area contributed by atoms with Gasteiger partial charge in [0.25, 0.3) is 0 Å². The van der Waals surface area contributed by atoms with Crippen molar-refractivity contribution in [2.45, 2.75) is 0 Å². The van der Waals surface area contributed by atoms with Crippen LogP contribution < -0.4 is 29.6 Å². The van der Waals surface area contributed by atoms with Gasteiger partial charge in [-0.05, 0) is 0 Å². The molecule has 0 amide bonds. The zero-order valence-corrected chi connectivity index (χ0v) is 16.1. The van der Waals surface area contributed by atoms with Crippen LogP contribution in [0.5, 0.6) is 11.5 Å². The zero-order valence-electron chi connectivity index (χ0n) is 12.3. The SMILES string of the molecule is CS(=O)(=O)Oc1ccc([I-]c2ccc(OS(C)(=O)=O)cc2)cc1. The maximum atomic E-state index is 11.0. The molecule has 0 N–H and O–H groups in total. The molecule has 0 spiro atoms. The van der Waals surface area contributed by atoms with E-state index in [0.717, 1.165) is 19.7 Å². The Morgan fingerprint density at radius 3 is 1.22 bits per heavy atom. The van der Waals surface area contributed by atoms with E-state index in [-0.39, 0.29) is 11.5 Å². The molecule has 0 bridgehead atoms. The minimum atomic E-state index is -3.52. The standard InChI is InChI=1S/C14H14IO6S2/c1-22(16,17)20-13-7-3-11(4-8-13)15-12-5-9-14(10-6-12)21-23(2,18)19/h3-10H,1-2H3/q-1. The Kier molecular flexibility index (Phi) is 5.53. The summed E-state index contributed by atoms with van der Waals surface area (Å²) in [7, 11) is -7.05. The average Bonchev–Trinajstić information content (AvgIpc) is 2.40. The molecule has 0 unspecified atom stereocenters. The molecule has 2 aromatic carbocycles. The van der Waals surface area contributed by atoms with Crippen LogP contribution in [0.1, 0.15) is 0 Å². The van der Waals surface area contributed by atoms with Gasteiger partial charge < -0.3 is 0 Å². The zero-order chi connectivity index (χ0) is 17.1. The number of hydrogen-bond donors (Lipinski definition) is 0. The molecule has 0 aliphatic carbocycles. The molecule has 0 heterocycles. The van der Waals surface area contributed by atoms with Gasteiger partial charge in [-0.1, -0.05) is 0 Å². The summed E-state index contributed by atoms with van der Waals surface area (Å²) in [6.45, 7) is 0. The Labute approximate surface area is 145 Å². The number of hydrogen-bond acceptors (Lipinski definition) is 6. The van der Waals surface area contributed by atoms with Crippen molar-refractivity contribution in [1.29, 1.82) is 0 Å². The van der Waals surface area contributed by atoms with Crippen LogP contribution in [-0.2, 0) is 20.2 Å². The van der Waals surface area contributed by atoms with Crippen LogP contribution in [0.25, 0.3) is 0 Å². The van der Waals surface area contributed by atoms with Crippen molar-refractivity contribution in [3.63, 3.8) is 0 Å². The summed E-state index contributed by atoms with van der Waals surface area (Å²) < 4.78 is 55.9. The molecule has 23 heavy (non-hydrogen) atoms. The van der Waals surface area contributed by atoms with Gasteiger partial charge in [-0.25, -0.2) is 0 Å². The fourth-order valence-electron chi connectivity index (χ4n) is 1.58. The van der Waals surface area contributed by atoms with E-state index in [1.165, 1.54) is 0 Å². The molecule has 9 heteroatoms. The van der Waals surface area contributed by atoms with Gasteiger partial charge in [0.05, 0.1) is 0 Å². The van der Waals surface area contributed by atoms with Crippen molar-refractivity contribution in [2.24, 2.45) is 0 Å². The third-order valence-electron chi connectivity index (χ3n) is 2.34. The van der Waals surface area contributed by atoms with E-state index in [1.54, 1.807) is 24.3 Å². The molecule has 0 saturated carbocycles. The Morgan fingerprint density at radius 1 is 0.652 bits per heavy atom. The predicted octanol–water partition coefficient (Wildman–Crippen LogP) is -1.51. The predicted molar refractivity (Wildman–Crippen MR) is 81.2 cm³/mol. The second-order valence-electron chi connectivity index (χ2n) is 4.58. The van der Waals surface area contributed by atoms with Crippen LogP contribution in [0.2, 0.25) is 0 Å². The van der Waals surface area contributed by atoms with Gasteiger partial charge in [0, 0.05) is 0 Å². The molecule has 2 aromatic rings. The van der Waals surface area contributed by atoms with Crippen molar-refractivity contribution >= 4 is 20.2 Å². The van der Waals surface area contributed by atoms with Crippen LogP contribution in [0.3, 0.4) is 0 Å². The summed E-state index contributed by atoms with van der Waals surface area (Å²) in [4.78, 5) is 0. The fourth-order valence-corrected chi connectivity index (χ4v) is 4.66. The molecule has 0 fully saturated rings. The fraction of sp³-hybridized carbons (Fsp3) is 0.143. The van der Waals surface area contributed by atoms with Crippen molar-refractivity contribution in [2.75, 3.05) is 12.5 Å².